The molecular weight excluding hydrogens is 290 g/mol. The second-order valence-corrected chi connectivity index (χ2v) is 8.00. The highest BCUT2D eigenvalue weighted by atomic mass is 32.2. The predicted octanol–water partition coefficient (Wildman–Crippen LogP) is 5.10. The number of nitrogens with zero attached hydrogens (tertiary/aromatic N) is 1. The van der Waals surface area contributed by atoms with E-state index in [2.05, 4.69) is 16.7 Å². The van der Waals surface area contributed by atoms with Crippen LogP contribution >= 0.6 is 11.8 Å². The number of hydrogen-bond donors (Lipinski definition) is 1. The fourth-order valence-electron chi connectivity index (χ4n) is 3.22. The van der Waals surface area contributed by atoms with Gasteiger partial charge in [-0.3, -0.25) is 0 Å². The van der Waals surface area contributed by atoms with E-state index >= 15 is 0 Å². The van der Waals surface area contributed by atoms with Crippen LogP contribution in [0.4, 0.5) is 0 Å². The van der Waals surface area contributed by atoms with Crippen molar-refractivity contribution < 1.29 is 5.11 Å². The first-order valence-electron chi connectivity index (χ1n) is 9.84. The van der Waals surface area contributed by atoms with Gasteiger partial charge < -0.3 is 10.0 Å². The van der Waals surface area contributed by atoms with Crippen LogP contribution in [0.2, 0.25) is 0 Å². The molecule has 22 heavy (non-hydrogen) atoms. The lowest BCUT2D eigenvalue weighted by Gasteiger charge is -2.25. The molecule has 0 aromatic rings. The minimum atomic E-state index is 0.372. The third-order valence-electron chi connectivity index (χ3n) is 4.74. The van der Waals surface area contributed by atoms with Crippen molar-refractivity contribution in [2.75, 3.05) is 37.7 Å². The van der Waals surface area contributed by atoms with Crippen molar-refractivity contribution in [1.29, 1.82) is 0 Å². The van der Waals surface area contributed by atoms with E-state index in [0.29, 0.717) is 6.61 Å². The fourth-order valence-corrected chi connectivity index (χ4v) is 4.20. The molecule has 0 aliphatic carbocycles. The fraction of sp³-hybridized carbons (Fsp3) is 1.00. The number of aliphatic hydroxyl groups excluding tert-OH is 1. The van der Waals surface area contributed by atoms with Crippen LogP contribution in [-0.4, -0.2) is 47.8 Å². The zero-order valence-electron chi connectivity index (χ0n) is 14.7. The van der Waals surface area contributed by atoms with Crippen LogP contribution in [0.25, 0.3) is 0 Å². The molecule has 1 aliphatic rings. The summed E-state index contributed by atoms with van der Waals surface area (Å²) >= 11 is 2.11. The summed E-state index contributed by atoms with van der Waals surface area (Å²) in [4.78, 5) is 2.65. The molecule has 0 atom stereocenters. The van der Waals surface area contributed by atoms with Crippen molar-refractivity contribution in [1.82, 2.24) is 4.90 Å². The Morgan fingerprint density at radius 3 is 1.45 bits per heavy atom. The normalized spacial score (nSPS) is 16.2. The molecule has 3 heteroatoms. The Morgan fingerprint density at radius 1 is 0.591 bits per heavy atom. The summed E-state index contributed by atoms with van der Waals surface area (Å²) in [5, 5.41) is 8.71. The average Bonchev–Trinajstić information content (AvgIpc) is 2.56. The Kier molecular flexibility index (Phi) is 14.9. The molecule has 0 radical (unpaired) electrons. The average molecular weight is 330 g/mol. The van der Waals surface area contributed by atoms with E-state index in [0.717, 1.165) is 6.42 Å². The standard InChI is InChI=1S/C19H39NOS/c21-17-13-11-9-7-5-3-1-2-4-6-8-10-12-14-20-15-18-22-19-16-20/h21H,1-19H2. The molecule has 0 saturated carbocycles. The van der Waals surface area contributed by atoms with Gasteiger partial charge in [-0.25, -0.2) is 0 Å². The van der Waals surface area contributed by atoms with Crippen molar-refractivity contribution in [2.45, 2.75) is 83.5 Å². The van der Waals surface area contributed by atoms with E-state index in [4.69, 9.17) is 5.11 Å². The molecule has 0 aromatic carbocycles. The Labute approximate surface area is 143 Å². The second-order valence-electron chi connectivity index (χ2n) is 6.77. The lowest BCUT2D eigenvalue weighted by Crippen LogP contribution is -2.33. The van der Waals surface area contributed by atoms with Crippen molar-refractivity contribution in [3.63, 3.8) is 0 Å². The van der Waals surface area contributed by atoms with Crippen LogP contribution in [0.1, 0.15) is 83.5 Å². The quantitative estimate of drug-likeness (QED) is 0.423. The third kappa shape index (κ3) is 12.8. The van der Waals surface area contributed by atoms with Gasteiger partial charge in [0.05, 0.1) is 0 Å². The van der Waals surface area contributed by atoms with Crippen LogP contribution in [0.5, 0.6) is 0 Å². The largest absolute Gasteiger partial charge is 0.396 e. The number of rotatable bonds is 15. The molecule has 1 saturated heterocycles. The monoisotopic (exact) mass is 329 g/mol. The summed E-state index contributed by atoms with van der Waals surface area (Å²) in [5.74, 6) is 2.70. The Bertz CT molecular complexity index is 219. The third-order valence-corrected chi connectivity index (χ3v) is 5.68. The minimum Gasteiger partial charge on any atom is -0.396 e. The van der Waals surface area contributed by atoms with Crippen molar-refractivity contribution in [3.05, 3.63) is 0 Å². The Hall–Kier alpha value is 0.270. The molecule has 0 aromatic heterocycles. The number of unbranched alkanes of at least 4 members (excludes halogenated alkanes) is 12. The van der Waals surface area contributed by atoms with E-state index < -0.39 is 0 Å². The molecule has 132 valence electrons. The molecule has 0 spiro atoms. The summed E-state index contributed by atoms with van der Waals surface area (Å²) < 4.78 is 0. The van der Waals surface area contributed by atoms with Gasteiger partial charge >= 0.3 is 0 Å². The maximum Gasteiger partial charge on any atom is 0.0431 e. The SMILES string of the molecule is OCCCCCCCCCCCCCCCN1CCSCC1. The summed E-state index contributed by atoms with van der Waals surface area (Å²) in [7, 11) is 0. The Morgan fingerprint density at radius 2 is 1.00 bits per heavy atom. The highest BCUT2D eigenvalue weighted by molar-refractivity contribution is 7.99. The van der Waals surface area contributed by atoms with Crippen molar-refractivity contribution in [2.24, 2.45) is 0 Å². The lowest BCUT2D eigenvalue weighted by atomic mass is 10.0. The minimum absolute atomic E-state index is 0.372. The Balaban J connectivity index is 1.68. The van der Waals surface area contributed by atoms with E-state index in [1.54, 1.807) is 0 Å². The predicted molar refractivity (Wildman–Crippen MR) is 101 cm³/mol. The molecule has 1 fully saturated rings. The lowest BCUT2D eigenvalue weighted by molar-refractivity contribution is 0.282. The molecule has 1 aliphatic heterocycles. The highest BCUT2D eigenvalue weighted by Gasteiger charge is 2.08. The van der Waals surface area contributed by atoms with E-state index in [-0.39, 0.29) is 0 Å². The first-order valence-corrected chi connectivity index (χ1v) is 11.0. The molecule has 0 unspecified atom stereocenters. The van der Waals surface area contributed by atoms with Gasteiger partial charge in [0.15, 0.2) is 0 Å². The smallest absolute Gasteiger partial charge is 0.0431 e. The molecule has 1 rings (SSSR count). The second kappa shape index (κ2) is 16.1. The van der Waals surface area contributed by atoms with Crippen molar-refractivity contribution in [3.8, 4) is 0 Å². The summed E-state index contributed by atoms with van der Waals surface area (Å²) in [6.07, 6.45) is 17.8. The molecule has 2 nitrogen and oxygen atoms in total. The molecule has 0 amide bonds. The zero-order valence-corrected chi connectivity index (χ0v) is 15.6. The highest BCUT2D eigenvalue weighted by Crippen LogP contribution is 2.13. The van der Waals surface area contributed by atoms with Crippen LogP contribution in [0, 0.1) is 0 Å². The van der Waals surface area contributed by atoms with Gasteiger partial charge in [-0.2, -0.15) is 11.8 Å². The van der Waals surface area contributed by atoms with Crippen LogP contribution in [-0.2, 0) is 0 Å². The maximum absolute atomic E-state index is 8.71. The van der Waals surface area contributed by atoms with Gasteiger partial charge in [0.2, 0.25) is 0 Å². The number of hydrogen-bond acceptors (Lipinski definition) is 3. The first kappa shape index (κ1) is 20.3. The maximum atomic E-state index is 8.71. The van der Waals surface area contributed by atoms with Crippen LogP contribution in [0.3, 0.4) is 0 Å². The van der Waals surface area contributed by atoms with Gasteiger partial charge in [0.1, 0.15) is 0 Å². The first-order chi connectivity index (χ1) is 10.9. The van der Waals surface area contributed by atoms with E-state index in [1.165, 1.54) is 108 Å². The van der Waals surface area contributed by atoms with Gasteiger partial charge in [-0.1, -0.05) is 70.6 Å². The topological polar surface area (TPSA) is 23.5 Å². The molecule has 1 N–H and O–H groups in total. The summed E-state index contributed by atoms with van der Waals surface area (Å²) in [5.41, 5.74) is 0. The van der Waals surface area contributed by atoms with Gasteiger partial charge in [0.25, 0.3) is 0 Å². The molecule has 0 bridgehead atoms. The molecular formula is C19H39NOS. The van der Waals surface area contributed by atoms with Gasteiger partial charge in [-0.05, 0) is 19.4 Å². The van der Waals surface area contributed by atoms with Crippen molar-refractivity contribution >= 4 is 11.8 Å². The van der Waals surface area contributed by atoms with E-state index in [1.807, 2.05) is 0 Å². The zero-order chi connectivity index (χ0) is 15.7. The van der Waals surface area contributed by atoms with Crippen LogP contribution in [0.15, 0.2) is 0 Å². The number of aliphatic hydroxyl groups is 1. The number of thioether (sulfide) groups is 1. The molecule has 1 heterocycles. The van der Waals surface area contributed by atoms with E-state index in [9.17, 15) is 0 Å². The summed E-state index contributed by atoms with van der Waals surface area (Å²) in [6, 6.07) is 0. The van der Waals surface area contributed by atoms with Gasteiger partial charge in [-0.15, -0.1) is 0 Å². The van der Waals surface area contributed by atoms with Gasteiger partial charge in [0, 0.05) is 31.2 Å². The van der Waals surface area contributed by atoms with Crippen LogP contribution < -0.4 is 0 Å². The summed E-state index contributed by atoms with van der Waals surface area (Å²) in [6.45, 7) is 4.36.